The average molecular weight is 865 g/mol. The third kappa shape index (κ3) is 5.45. The summed E-state index contributed by atoms with van der Waals surface area (Å²) in [5.41, 5.74) is -0.156. The number of hydrogen-bond acceptors (Lipinski definition) is 6. The molecule has 0 spiro atoms. The van der Waals surface area contributed by atoms with Gasteiger partial charge in [0, 0.05) is 15.6 Å². The van der Waals surface area contributed by atoms with Gasteiger partial charge in [-0.1, -0.05) is 92.8 Å². The zero-order valence-corrected chi connectivity index (χ0v) is 31.3. The summed E-state index contributed by atoms with van der Waals surface area (Å²) in [6.07, 6.45) is 0. The summed E-state index contributed by atoms with van der Waals surface area (Å²) in [7, 11) is 0. The van der Waals surface area contributed by atoms with Gasteiger partial charge < -0.3 is 4.74 Å². The summed E-state index contributed by atoms with van der Waals surface area (Å²) in [6, 6.07) is 13.3. The van der Waals surface area contributed by atoms with E-state index in [0.29, 0.717) is 15.0 Å². The first-order chi connectivity index (χ1) is 22.9. The third-order valence-corrected chi connectivity index (χ3v) is 13.7. The topological polar surface area (TPSA) is 101 Å². The van der Waals surface area contributed by atoms with Crippen LogP contribution in [0.2, 0.25) is 20.1 Å². The van der Waals surface area contributed by atoms with Crippen molar-refractivity contribution >= 4 is 145 Å². The number of carbonyl (C=O) groups is 5. The van der Waals surface area contributed by atoms with Gasteiger partial charge in [0.15, 0.2) is 10.1 Å². The highest BCUT2D eigenvalue weighted by Gasteiger charge is 2.88. The number of fused-ring (bicyclic) bond motifs is 5. The highest BCUT2D eigenvalue weighted by Crippen LogP contribution is 2.77. The van der Waals surface area contributed by atoms with Gasteiger partial charge >= 0.3 is 5.97 Å². The highest BCUT2D eigenvalue weighted by atomic mass is 35.5. The minimum absolute atomic E-state index is 0.000368. The second-order valence-corrected chi connectivity index (χ2v) is 16.0. The number of rotatable bonds is 7. The van der Waals surface area contributed by atoms with Crippen LogP contribution in [0.5, 0.6) is 5.75 Å². The molecule has 0 aromatic heterocycles. The largest absolute Gasteiger partial charge is 0.423 e. The molecule has 6 rings (SSSR count). The maximum atomic E-state index is 14.1. The van der Waals surface area contributed by atoms with Crippen molar-refractivity contribution in [2.75, 3.05) is 6.54 Å². The molecule has 3 aromatic rings. The van der Waals surface area contributed by atoms with E-state index in [1.165, 1.54) is 60.7 Å². The molecular formula is C31H14Cl10N2O6. The number of amides is 3. The number of benzene rings is 3. The molecule has 3 aliphatic rings. The Morgan fingerprint density at radius 3 is 1.63 bits per heavy atom. The van der Waals surface area contributed by atoms with Crippen LogP contribution >= 0.6 is 116 Å². The van der Waals surface area contributed by atoms with E-state index in [0.717, 1.165) is 0 Å². The van der Waals surface area contributed by atoms with Crippen LogP contribution in [0, 0.1) is 11.8 Å². The highest BCUT2D eigenvalue weighted by molar-refractivity contribution is 6.67. The maximum Gasteiger partial charge on any atom is 0.345 e. The van der Waals surface area contributed by atoms with Crippen LogP contribution in [0.3, 0.4) is 0 Å². The van der Waals surface area contributed by atoms with Crippen LogP contribution in [0.4, 0.5) is 0 Å². The molecule has 0 unspecified atom stereocenters. The smallest absolute Gasteiger partial charge is 0.345 e. The van der Waals surface area contributed by atoms with E-state index in [4.69, 9.17) is 121 Å². The van der Waals surface area contributed by atoms with E-state index in [2.05, 4.69) is 0 Å². The predicted molar refractivity (Wildman–Crippen MR) is 189 cm³/mol. The molecule has 18 heteroatoms. The first kappa shape index (κ1) is 36.8. The number of hydrogen-bond donors (Lipinski definition) is 0. The fourth-order valence-electron chi connectivity index (χ4n) is 6.01. The molecule has 8 nitrogen and oxygen atoms in total. The SMILES string of the molecule is O=C(CN(C(=O)c1ccc(Cl)cc1Cl)N1C(=O)[C@H]2[C@H](C1=O)[C@@]1(Cl)C(Cl)=C(Cl)[C@@]2(Cl)C1(Cl)Cl)c1ccc(OC(=O)c2ccc(Cl)cc2Cl)cc1. The van der Waals surface area contributed by atoms with Gasteiger partial charge in [-0.15, -0.1) is 23.2 Å². The van der Waals surface area contributed by atoms with Gasteiger partial charge in [0.1, 0.15) is 22.0 Å². The number of carbonyl (C=O) groups excluding carboxylic acids is 5. The third-order valence-electron chi connectivity index (χ3n) is 8.35. The Labute approximate surface area is 327 Å². The maximum absolute atomic E-state index is 14.1. The molecule has 2 bridgehead atoms. The number of Topliss-reactive ketones (excluding diaryl/α,β-unsaturated/α-hetero) is 1. The van der Waals surface area contributed by atoms with E-state index in [-0.39, 0.29) is 47.6 Å². The molecule has 1 aliphatic heterocycles. The molecule has 3 aromatic carbocycles. The second-order valence-electron chi connectivity index (χ2n) is 11.0. The zero-order chi connectivity index (χ0) is 36.0. The van der Waals surface area contributed by atoms with Crippen LogP contribution in [0.25, 0.3) is 0 Å². The lowest BCUT2D eigenvalue weighted by atomic mass is 9.84. The number of hydrazine groups is 1. The molecule has 2 fully saturated rings. The molecule has 0 radical (unpaired) electrons. The number of esters is 1. The average Bonchev–Trinajstić information content (AvgIpc) is 3.42. The Hall–Kier alpha value is -1.95. The molecule has 1 heterocycles. The number of allylic oxidation sites excluding steroid dienone is 2. The standard InChI is InChI=1S/C31H14Cl10N2O6/c32-13-3-7-16(18(34)9-13)25(45)42(43-26(46)21-22(27(43)47)30(39)24(37)23(36)29(21,38)31(30,40)41)11-20(44)12-1-5-15(6-2-12)49-28(48)17-8-4-14(33)10-19(17)35/h1-10,21-22H,11H2/t21-,22-,29-,30-/m1/s1. The molecule has 1 saturated carbocycles. The van der Waals surface area contributed by atoms with Crippen molar-refractivity contribution in [3.05, 3.63) is 108 Å². The summed E-state index contributed by atoms with van der Waals surface area (Å²) in [5.74, 6) is -7.84. The number of ether oxygens (including phenoxy) is 1. The van der Waals surface area contributed by atoms with Gasteiger partial charge in [-0.05, 0) is 60.7 Å². The van der Waals surface area contributed by atoms with Gasteiger partial charge in [-0.3, -0.25) is 19.2 Å². The van der Waals surface area contributed by atoms with Gasteiger partial charge in [0.25, 0.3) is 17.7 Å². The Morgan fingerprint density at radius 2 is 1.16 bits per heavy atom. The molecule has 4 atom stereocenters. The molecule has 49 heavy (non-hydrogen) atoms. The lowest BCUT2D eigenvalue weighted by Crippen LogP contribution is -2.56. The Morgan fingerprint density at radius 1 is 0.694 bits per heavy atom. The monoisotopic (exact) mass is 860 g/mol. The first-order valence-electron chi connectivity index (χ1n) is 13.6. The number of ketones is 1. The van der Waals surface area contributed by atoms with Crippen LogP contribution in [0.15, 0.2) is 70.7 Å². The van der Waals surface area contributed by atoms with Gasteiger partial charge in [0.2, 0.25) is 0 Å². The van der Waals surface area contributed by atoms with Gasteiger partial charge in [-0.25, -0.2) is 9.80 Å². The number of nitrogens with zero attached hydrogens (tertiary/aromatic N) is 2. The first-order valence-corrected chi connectivity index (χ1v) is 17.4. The van der Waals surface area contributed by atoms with E-state index < -0.39 is 61.9 Å². The van der Waals surface area contributed by atoms with E-state index in [1.54, 1.807) is 0 Å². The summed E-state index contributed by atoms with van der Waals surface area (Å²) < 4.78 is 3.13. The van der Waals surface area contributed by atoms with Crippen molar-refractivity contribution in [2.24, 2.45) is 11.8 Å². The van der Waals surface area contributed by atoms with Crippen LogP contribution < -0.4 is 4.74 Å². The summed E-state index contributed by atoms with van der Waals surface area (Å²) in [6.45, 7) is -0.874. The zero-order valence-electron chi connectivity index (χ0n) is 23.8. The molecular weight excluding hydrogens is 851 g/mol. The van der Waals surface area contributed by atoms with Crippen molar-refractivity contribution in [3.63, 3.8) is 0 Å². The molecule has 254 valence electrons. The molecule has 3 amide bonds. The minimum Gasteiger partial charge on any atom is -0.423 e. The Balaban J connectivity index is 1.32. The molecule has 1 saturated heterocycles. The second kappa shape index (κ2) is 12.9. The number of alkyl halides is 4. The van der Waals surface area contributed by atoms with Crippen molar-refractivity contribution in [2.45, 2.75) is 14.1 Å². The number of imide groups is 1. The van der Waals surface area contributed by atoms with Crippen LogP contribution in [-0.2, 0) is 9.59 Å². The Bertz CT molecular complexity index is 1990. The normalized spacial score (nSPS) is 25.1. The number of halogens is 10. The van der Waals surface area contributed by atoms with Crippen molar-refractivity contribution < 1.29 is 28.7 Å². The molecule has 2 aliphatic carbocycles. The fourth-order valence-corrected chi connectivity index (χ4v) is 9.91. The van der Waals surface area contributed by atoms with Crippen molar-refractivity contribution in [1.82, 2.24) is 10.0 Å². The van der Waals surface area contributed by atoms with E-state index >= 15 is 0 Å². The predicted octanol–water partition coefficient (Wildman–Crippen LogP) is 9.21. The lowest BCUT2D eigenvalue weighted by molar-refractivity contribution is -0.154. The van der Waals surface area contributed by atoms with Crippen LogP contribution in [0.1, 0.15) is 31.1 Å². The quantitative estimate of drug-likeness (QED) is 0.0773. The van der Waals surface area contributed by atoms with E-state index in [1.807, 2.05) is 0 Å². The van der Waals surface area contributed by atoms with Gasteiger partial charge in [-0.2, -0.15) is 5.01 Å². The van der Waals surface area contributed by atoms with Crippen LogP contribution in [-0.4, -0.2) is 60.1 Å². The summed E-state index contributed by atoms with van der Waals surface area (Å²) >= 11 is 63.9. The summed E-state index contributed by atoms with van der Waals surface area (Å²) in [5, 5.41) is 0.808. The minimum atomic E-state index is -2.22. The summed E-state index contributed by atoms with van der Waals surface area (Å²) in [4.78, 5) is 64.2. The molecule has 0 N–H and O–H groups in total. The van der Waals surface area contributed by atoms with E-state index in [9.17, 15) is 24.0 Å². The van der Waals surface area contributed by atoms with Crippen molar-refractivity contribution in [1.29, 1.82) is 0 Å². The Kier molecular flexibility index (Phi) is 9.71. The van der Waals surface area contributed by atoms with Crippen molar-refractivity contribution in [3.8, 4) is 5.75 Å². The van der Waals surface area contributed by atoms with Gasteiger partial charge in [0.05, 0.1) is 43.1 Å². The fraction of sp³-hybridized carbons (Fsp3) is 0.194. The lowest BCUT2D eigenvalue weighted by Gasteiger charge is -2.36.